The van der Waals surface area contributed by atoms with E-state index in [9.17, 15) is 5.11 Å². The molecule has 4 N–H and O–H groups in total. The fourth-order valence-corrected chi connectivity index (χ4v) is 4.00. The van der Waals surface area contributed by atoms with Gasteiger partial charge < -0.3 is 25.7 Å². The predicted octanol–water partition coefficient (Wildman–Crippen LogP) is 3.35. The number of fused-ring (bicyclic) bond motifs is 1. The van der Waals surface area contributed by atoms with Gasteiger partial charge in [0.15, 0.2) is 5.13 Å². The maximum atomic E-state index is 9.43. The molecule has 1 unspecified atom stereocenters. The predicted molar refractivity (Wildman–Crippen MR) is 129 cm³/mol. The molecule has 0 aliphatic rings. The summed E-state index contributed by atoms with van der Waals surface area (Å²) in [6, 6.07) is 16.1. The lowest BCUT2D eigenvalue weighted by molar-refractivity contribution is 0.0942. The highest BCUT2D eigenvalue weighted by molar-refractivity contribution is 7.21. The van der Waals surface area contributed by atoms with Crippen molar-refractivity contribution in [2.75, 3.05) is 30.4 Å². The topological polar surface area (TPSA) is 106 Å². The fraction of sp³-hybridized carbons (Fsp3) is 0.261. The molecule has 4 aromatic rings. The molecule has 1 atom stereocenters. The van der Waals surface area contributed by atoms with Crippen LogP contribution in [0.1, 0.15) is 11.1 Å². The lowest BCUT2D eigenvalue weighted by Gasteiger charge is -2.18. The molecular weight excluding hydrogens is 424 g/mol. The largest absolute Gasteiger partial charge is 0.394 e. The highest BCUT2D eigenvalue weighted by Gasteiger charge is 2.11. The Morgan fingerprint density at radius 1 is 1.09 bits per heavy atom. The number of aryl methyl sites for hydroxylation is 1. The molecule has 9 heteroatoms. The summed E-state index contributed by atoms with van der Waals surface area (Å²) in [4.78, 5) is 16.7. The third kappa shape index (κ3) is 5.38. The van der Waals surface area contributed by atoms with Crippen LogP contribution in [-0.4, -0.2) is 51.5 Å². The van der Waals surface area contributed by atoms with Crippen LogP contribution in [0.2, 0.25) is 0 Å². The van der Waals surface area contributed by atoms with Crippen molar-refractivity contribution >= 4 is 44.1 Å². The third-order valence-corrected chi connectivity index (χ3v) is 5.87. The number of benzene rings is 1. The van der Waals surface area contributed by atoms with Crippen molar-refractivity contribution in [3.8, 4) is 0 Å². The molecule has 32 heavy (non-hydrogen) atoms. The van der Waals surface area contributed by atoms with E-state index in [1.165, 1.54) is 16.9 Å². The van der Waals surface area contributed by atoms with Crippen molar-refractivity contribution in [2.24, 2.45) is 0 Å². The van der Waals surface area contributed by atoms with Crippen LogP contribution in [0.15, 0.2) is 54.7 Å². The minimum absolute atomic E-state index is 0.260. The van der Waals surface area contributed by atoms with Gasteiger partial charge in [-0.2, -0.15) is 0 Å². The van der Waals surface area contributed by atoms with E-state index in [1.54, 1.807) is 6.20 Å². The first-order valence-electron chi connectivity index (χ1n) is 10.3. The summed E-state index contributed by atoms with van der Waals surface area (Å²) in [5.74, 6) is 1.54. The van der Waals surface area contributed by atoms with Gasteiger partial charge in [-0.15, -0.1) is 0 Å². The van der Waals surface area contributed by atoms with Crippen LogP contribution in [0.5, 0.6) is 0 Å². The molecule has 166 valence electrons. The molecule has 3 aromatic heterocycles. The van der Waals surface area contributed by atoms with Crippen molar-refractivity contribution in [3.63, 3.8) is 0 Å². The Morgan fingerprint density at radius 2 is 1.91 bits per heavy atom. The number of hydrogen-bond acceptors (Lipinski definition) is 9. The molecule has 0 amide bonds. The number of aliphatic hydroxyl groups excluding tert-OH is 2. The van der Waals surface area contributed by atoms with Crippen molar-refractivity contribution < 1.29 is 10.2 Å². The average Bonchev–Trinajstić information content (AvgIpc) is 3.20. The van der Waals surface area contributed by atoms with Gasteiger partial charge in [0.2, 0.25) is 0 Å². The van der Waals surface area contributed by atoms with E-state index >= 15 is 0 Å². The number of nitrogens with one attached hydrogen (secondary N) is 2. The van der Waals surface area contributed by atoms with Crippen LogP contribution in [0.3, 0.4) is 0 Å². The maximum absolute atomic E-state index is 9.43. The summed E-state index contributed by atoms with van der Waals surface area (Å²) in [6.45, 7) is 2.70. The van der Waals surface area contributed by atoms with Gasteiger partial charge in [-0.1, -0.05) is 29.0 Å². The Bertz CT molecular complexity index is 1180. The molecule has 0 spiro atoms. The smallest absolute Gasteiger partial charge is 0.190 e. The zero-order valence-electron chi connectivity index (χ0n) is 18.0. The normalized spacial score (nSPS) is 12.1. The van der Waals surface area contributed by atoms with E-state index in [2.05, 4.69) is 56.7 Å². The molecule has 0 saturated heterocycles. The van der Waals surface area contributed by atoms with E-state index in [4.69, 9.17) is 10.1 Å². The number of aromatic nitrogens is 3. The molecule has 1 aromatic carbocycles. The van der Waals surface area contributed by atoms with Crippen LogP contribution in [-0.2, 0) is 6.54 Å². The van der Waals surface area contributed by atoms with Crippen LogP contribution >= 0.6 is 11.3 Å². The second-order valence-corrected chi connectivity index (χ2v) is 8.53. The van der Waals surface area contributed by atoms with Gasteiger partial charge in [-0.3, -0.25) is 0 Å². The maximum Gasteiger partial charge on any atom is 0.190 e. The Kier molecular flexibility index (Phi) is 6.91. The van der Waals surface area contributed by atoms with Gasteiger partial charge in [0.25, 0.3) is 0 Å². The number of nitrogens with zero attached hydrogens (tertiary/aromatic N) is 4. The molecule has 0 aliphatic heterocycles. The minimum atomic E-state index is -0.764. The lowest BCUT2D eigenvalue weighted by atomic mass is 10.2. The summed E-state index contributed by atoms with van der Waals surface area (Å²) in [7, 11) is 2.00. The molecule has 0 fully saturated rings. The van der Waals surface area contributed by atoms with E-state index in [1.807, 2.05) is 31.3 Å². The lowest BCUT2D eigenvalue weighted by Crippen LogP contribution is -2.28. The zero-order chi connectivity index (χ0) is 22.5. The summed E-state index contributed by atoms with van der Waals surface area (Å²) in [6.07, 6.45) is 0.960. The number of hydrogen-bond donors (Lipinski definition) is 4. The van der Waals surface area contributed by atoms with Gasteiger partial charge >= 0.3 is 0 Å². The molecule has 0 radical (unpaired) electrons. The second-order valence-electron chi connectivity index (χ2n) is 7.55. The minimum Gasteiger partial charge on any atom is -0.394 e. The fourth-order valence-electron chi connectivity index (χ4n) is 3.16. The SMILES string of the molecule is Cc1ccc(N(C)c2ccc3nc(Nc4cc(CNCC(O)CO)ccn4)sc3n2)cc1. The quantitative estimate of drug-likeness (QED) is 0.308. The van der Waals surface area contributed by atoms with Crippen molar-refractivity contribution in [2.45, 2.75) is 19.6 Å². The number of thiazole rings is 1. The summed E-state index contributed by atoms with van der Waals surface area (Å²) >= 11 is 1.48. The van der Waals surface area contributed by atoms with Crippen LogP contribution in [0.25, 0.3) is 10.3 Å². The van der Waals surface area contributed by atoms with Crippen LogP contribution < -0.4 is 15.5 Å². The first-order chi connectivity index (χ1) is 15.5. The first kappa shape index (κ1) is 22.1. The Hall–Kier alpha value is -3.11. The number of anilines is 4. The summed E-state index contributed by atoms with van der Waals surface area (Å²) < 4.78 is 0. The van der Waals surface area contributed by atoms with Gasteiger partial charge in [-0.05, 0) is 48.9 Å². The molecule has 0 bridgehead atoms. The molecule has 0 aliphatic carbocycles. The van der Waals surface area contributed by atoms with E-state index < -0.39 is 6.10 Å². The van der Waals surface area contributed by atoms with Crippen molar-refractivity contribution in [3.05, 3.63) is 65.9 Å². The summed E-state index contributed by atoms with van der Waals surface area (Å²) in [5.41, 5.74) is 4.13. The van der Waals surface area contributed by atoms with Gasteiger partial charge in [0, 0.05) is 32.0 Å². The summed E-state index contributed by atoms with van der Waals surface area (Å²) in [5, 5.41) is 25.4. The monoisotopic (exact) mass is 450 g/mol. The molecule has 0 saturated carbocycles. The van der Waals surface area contributed by atoms with Gasteiger partial charge in [0.1, 0.15) is 22.0 Å². The Morgan fingerprint density at radius 3 is 2.69 bits per heavy atom. The molecular formula is C23H26N6O2S. The zero-order valence-corrected chi connectivity index (χ0v) is 18.8. The number of rotatable bonds is 9. The van der Waals surface area contributed by atoms with Crippen molar-refractivity contribution in [1.29, 1.82) is 0 Å². The highest BCUT2D eigenvalue weighted by Crippen LogP contribution is 2.30. The molecule has 3 heterocycles. The van der Waals surface area contributed by atoms with Gasteiger partial charge in [0.05, 0.1) is 12.7 Å². The van der Waals surface area contributed by atoms with Crippen LogP contribution in [0, 0.1) is 6.92 Å². The third-order valence-electron chi connectivity index (χ3n) is 4.98. The highest BCUT2D eigenvalue weighted by atomic mass is 32.1. The van der Waals surface area contributed by atoms with Crippen LogP contribution in [0.4, 0.5) is 22.5 Å². The Labute approximate surface area is 190 Å². The molecule has 8 nitrogen and oxygen atoms in total. The second kappa shape index (κ2) is 10.0. The Balaban J connectivity index is 1.46. The van der Waals surface area contributed by atoms with E-state index in [0.717, 1.165) is 32.5 Å². The number of pyridine rings is 2. The average molecular weight is 451 g/mol. The van der Waals surface area contributed by atoms with E-state index in [0.29, 0.717) is 18.9 Å². The number of aliphatic hydroxyl groups is 2. The van der Waals surface area contributed by atoms with E-state index in [-0.39, 0.29) is 6.61 Å². The molecule has 4 rings (SSSR count). The van der Waals surface area contributed by atoms with Crippen molar-refractivity contribution in [1.82, 2.24) is 20.3 Å². The van der Waals surface area contributed by atoms with Gasteiger partial charge in [-0.25, -0.2) is 15.0 Å². The first-order valence-corrected chi connectivity index (χ1v) is 11.1. The standard InChI is InChI=1S/C23H26N6O2S/c1-15-3-5-17(6-4-15)29(2)21-8-7-19-22(28-21)32-23(26-19)27-20-11-16(9-10-25-20)12-24-13-18(31)14-30/h3-11,18,24,30-31H,12-14H2,1-2H3,(H,25,26,27).